The highest BCUT2D eigenvalue weighted by molar-refractivity contribution is 5.99. The van der Waals surface area contributed by atoms with E-state index in [1.165, 1.54) is 27.1 Å². The summed E-state index contributed by atoms with van der Waals surface area (Å²) in [6.07, 6.45) is 1.15. The molecule has 0 aliphatic carbocycles. The second-order valence-corrected chi connectivity index (χ2v) is 5.96. The molecule has 0 unspecified atom stereocenters. The number of rotatable bonds is 2. The van der Waals surface area contributed by atoms with Crippen LogP contribution in [0.4, 0.5) is 0 Å². The molecule has 96 valence electrons. The van der Waals surface area contributed by atoms with Crippen LogP contribution in [0.1, 0.15) is 32.8 Å². The van der Waals surface area contributed by atoms with Crippen LogP contribution in [0.3, 0.4) is 0 Å². The molecule has 0 heterocycles. The van der Waals surface area contributed by atoms with E-state index in [1.54, 1.807) is 0 Å². The lowest BCUT2D eigenvalue weighted by atomic mass is 9.79. The van der Waals surface area contributed by atoms with Gasteiger partial charge in [0.2, 0.25) is 0 Å². The van der Waals surface area contributed by atoms with E-state index in [-0.39, 0.29) is 5.41 Å². The number of benzene rings is 3. The Morgan fingerprint density at radius 3 is 2.11 bits per heavy atom. The molecular weight excluding hydrogens is 228 g/mol. The maximum atomic E-state index is 2.34. The van der Waals surface area contributed by atoms with Crippen molar-refractivity contribution in [2.24, 2.45) is 0 Å². The van der Waals surface area contributed by atoms with Gasteiger partial charge in [-0.3, -0.25) is 0 Å². The van der Waals surface area contributed by atoms with E-state index >= 15 is 0 Å². The second kappa shape index (κ2) is 4.38. The van der Waals surface area contributed by atoms with Crippen molar-refractivity contribution < 1.29 is 0 Å². The summed E-state index contributed by atoms with van der Waals surface area (Å²) in [6, 6.07) is 19.9. The molecule has 0 aromatic heterocycles. The summed E-state index contributed by atoms with van der Waals surface area (Å²) in [5.74, 6) is 0. The van der Waals surface area contributed by atoms with Gasteiger partial charge in [0.05, 0.1) is 0 Å². The van der Waals surface area contributed by atoms with Crippen molar-refractivity contribution in [2.75, 3.05) is 0 Å². The third kappa shape index (κ3) is 2.02. The molecule has 3 rings (SSSR count). The zero-order chi connectivity index (χ0) is 13.5. The second-order valence-electron chi connectivity index (χ2n) is 5.96. The Hall–Kier alpha value is -1.82. The Kier molecular flexibility index (Phi) is 2.82. The van der Waals surface area contributed by atoms with E-state index in [4.69, 9.17) is 0 Å². The average Bonchev–Trinajstić information content (AvgIpc) is 2.44. The normalized spacial score (nSPS) is 12.2. The van der Waals surface area contributed by atoms with E-state index < -0.39 is 0 Å². The molecule has 0 aliphatic heterocycles. The smallest absolute Gasteiger partial charge is 0.0100 e. The van der Waals surface area contributed by atoms with Crippen LogP contribution in [-0.4, -0.2) is 0 Å². The molecule has 0 nitrogen and oxygen atoms in total. The van der Waals surface area contributed by atoms with E-state index in [0.717, 1.165) is 6.42 Å². The first-order valence-corrected chi connectivity index (χ1v) is 7.04. The molecule has 3 aromatic rings. The Morgan fingerprint density at radius 2 is 1.42 bits per heavy atom. The Bertz CT molecular complexity index is 735. The summed E-state index contributed by atoms with van der Waals surface area (Å²) < 4.78 is 0. The van der Waals surface area contributed by atoms with Gasteiger partial charge in [0.1, 0.15) is 0 Å². The average molecular weight is 248 g/mol. The summed E-state index contributed by atoms with van der Waals surface area (Å²) in [4.78, 5) is 0. The van der Waals surface area contributed by atoms with Gasteiger partial charge in [-0.05, 0) is 51.1 Å². The van der Waals surface area contributed by atoms with E-state index in [2.05, 4.69) is 75.4 Å². The first kappa shape index (κ1) is 12.2. The van der Waals surface area contributed by atoms with E-state index in [1.807, 2.05) is 0 Å². The van der Waals surface area contributed by atoms with Crippen LogP contribution in [0, 0.1) is 0 Å². The molecule has 0 saturated carbocycles. The standard InChI is InChI=1S/C19H20/c1-4-19(2,3)18-11-7-10-16-12-14-8-5-6-9-15(14)13-17(16)18/h5-13H,4H2,1-3H3. The van der Waals surface area contributed by atoms with Crippen molar-refractivity contribution in [3.63, 3.8) is 0 Å². The summed E-state index contributed by atoms with van der Waals surface area (Å²) in [5.41, 5.74) is 1.68. The maximum Gasteiger partial charge on any atom is -0.0100 e. The molecule has 0 bridgehead atoms. The third-order valence-corrected chi connectivity index (χ3v) is 4.36. The minimum atomic E-state index is 0.224. The predicted octanol–water partition coefficient (Wildman–Crippen LogP) is 5.68. The molecule has 19 heavy (non-hydrogen) atoms. The fraction of sp³-hybridized carbons (Fsp3) is 0.263. The molecule has 0 N–H and O–H groups in total. The lowest BCUT2D eigenvalue weighted by Crippen LogP contribution is -2.15. The van der Waals surface area contributed by atoms with Crippen molar-refractivity contribution in [2.45, 2.75) is 32.6 Å². The van der Waals surface area contributed by atoms with Gasteiger partial charge in [0.15, 0.2) is 0 Å². The Morgan fingerprint density at radius 1 is 0.789 bits per heavy atom. The first-order chi connectivity index (χ1) is 9.12. The van der Waals surface area contributed by atoms with Crippen LogP contribution in [0.25, 0.3) is 21.5 Å². The van der Waals surface area contributed by atoms with Crippen molar-refractivity contribution in [1.29, 1.82) is 0 Å². The molecule has 0 fully saturated rings. The van der Waals surface area contributed by atoms with Crippen LogP contribution >= 0.6 is 0 Å². The largest absolute Gasteiger partial charge is 0.0646 e. The molecule has 0 heteroatoms. The number of hydrogen-bond donors (Lipinski definition) is 0. The zero-order valence-corrected chi connectivity index (χ0v) is 11.9. The monoisotopic (exact) mass is 248 g/mol. The zero-order valence-electron chi connectivity index (χ0n) is 11.9. The third-order valence-electron chi connectivity index (χ3n) is 4.36. The van der Waals surface area contributed by atoms with E-state index in [0.29, 0.717) is 0 Å². The fourth-order valence-corrected chi connectivity index (χ4v) is 2.75. The molecule has 0 spiro atoms. The summed E-state index contributed by atoms with van der Waals surface area (Å²) in [7, 11) is 0. The van der Waals surface area contributed by atoms with Crippen molar-refractivity contribution in [3.05, 3.63) is 60.2 Å². The van der Waals surface area contributed by atoms with Gasteiger partial charge in [-0.25, -0.2) is 0 Å². The molecule has 0 atom stereocenters. The van der Waals surface area contributed by atoms with Gasteiger partial charge in [-0.15, -0.1) is 0 Å². The highest BCUT2D eigenvalue weighted by Crippen LogP contribution is 2.34. The fourth-order valence-electron chi connectivity index (χ4n) is 2.75. The Labute approximate surface area is 115 Å². The topological polar surface area (TPSA) is 0 Å². The molecule has 3 aromatic carbocycles. The van der Waals surface area contributed by atoms with Gasteiger partial charge in [0.25, 0.3) is 0 Å². The number of fused-ring (bicyclic) bond motifs is 2. The van der Waals surface area contributed by atoms with Crippen LogP contribution in [0.15, 0.2) is 54.6 Å². The van der Waals surface area contributed by atoms with Gasteiger partial charge in [0, 0.05) is 0 Å². The first-order valence-electron chi connectivity index (χ1n) is 7.04. The maximum absolute atomic E-state index is 2.34. The highest BCUT2D eigenvalue weighted by Gasteiger charge is 2.20. The predicted molar refractivity (Wildman–Crippen MR) is 84.8 cm³/mol. The van der Waals surface area contributed by atoms with Gasteiger partial charge in [-0.2, -0.15) is 0 Å². The summed E-state index contributed by atoms with van der Waals surface area (Å²) >= 11 is 0. The molecule has 0 aliphatic rings. The van der Waals surface area contributed by atoms with Crippen molar-refractivity contribution in [3.8, 4) is 0 Å². The van der Waals surface area contributed by atoms with Gasteiger partial charge >= 0.3 is 0 Å². The molecular formula is C19H20. The lowest BCUT2D eigenvalue weighted by molar-refractivity contribution is 0.511. The quantitative estimate of drug-likeness (QED) is 0.512. The molecule has 0 radical (unpaired) electrons. The van der Waals surface area contributed by atoms with Crippen molar-refractivity contribution in [1.82, 2.24) is 0 Å². The van der Waals surface area contributed by atoms with Crippen LogP contribution in [-0.2, 0) is 5.41 Å². The van der Waals surface area contributed by atoms with Gasteiger partial charge in [-0.1, -0.05) is 63.2 Å². The molecule has 0 saturated heterocycles. The Balaban J connectivity index is 2.38. The SMILES string of the molecule is CCC(C)(C)c1cccc2cc3ccccc3cc12. The minimum Gasteiger partial charge on any atom is -0.0646 e. The lowest BCUT2D eigenvalue weighted by Gasteiger charge is -2.25. The van der Waals surface area contributed by atoms with Gasteiger partial charge < -0.3 is 0 Å². The van der Waals surface area contributed by atoms with E-state index in [9.17, 15) is 0 Å². The minimum absolute atomic E-state index is 0.224. The summed E-state index contributed by atoms with van der Waals surface area (Å²) in [6.45, 7) is 6.92. The summed E-state index contributed by atoms with van der Waals surface area (Å²) in [5, 5.41) is 5.39. The highest BCUT2D eigenvalue weighted by atomic mass is 14.2. The number of hydrogen-bond acceptors (Lipinski definition) is 0. The van der Waals surface area contributed by atoms with Crippen LogP contribution < -0.4 is 0 Å². The van der Waals surface area contributed by atoms with Crippen molar-refractivity contribution >= 4 is 21.5 Å². The molecule has 0 amide bonds. The van der Waals surface area contributed by atoms with Crippen LogP contribution in [0.5, 0.6) is 0 Å². The van der Waals surface area contributed by atoms with Crippen LogP contribution in [0.2, 0.25) is 0 Å².